The molecule has 0 aliphatic heterocycles. The summed E-state index contributed by atoms with van der Waals surface area (Å²) >= 11 is 0. The summed E-state index contributed by atoms with van der Waals surface area (Å²) in [5, 5.41) is 14.0. The molecule has 0 radical (unpaired) electrons. The highest BCUT2D eigenvalue weighted by molar-refractivity contribution is 5.27. The number of aliphatic hydroxyl groups is 1. The van der Waals surface area contributed by atoms with Crippen LogP contribution in [-0.4, -0.2) is 14.9 Å². The molecule has 0 aliphatic carbocycles. The number of aryl methyl sites for hydroxylation is 1. The van der Waals surface area contributed by atoms with Gasteiger partial charge in [0.25, 0.3) is 0 Å². The first-order valence-corrected chi connectivity index (χ1v) is 5.19. The molecule has 0 amide bonds. The number of hydrogen-bond donors (Lipinski definition) is 2. The van der Waals surface area contributed by atoms with Gasteiger partial charge in [-0.15, -0.1) is 0 Å². The second-order valence-corrected chi connectivity index (χ2v) is 3.86. The van der Waals surface area contributed by atoms with Gasteiger partial charge in [0.05, 0.1) is 18.8 Å². The molecule has 4 heteroatoms. The number of nitrogens with zero attached hydrogens (tertiary/aromatic N) is 2. The summed E-state index contributed by atoms with van der Waals surface area (Å²) in [7, 11) is 0. The molecule has 16 heavy (non-hydrogen) atoms. The zero-order valence-corrected chi connectivity index (χ0v) is 9.17. The van der Waals surface area contributed by atoms with Crippen molar-refractivity contribution >= 4 is 5.82 Å². The Kier molecular flexibility index (Phi) is 2.92. The van der Waals surface area contributed by atoms with Crippen molar-refractivity contribution in [1.82, 2.24) is 9.78 Å². The van der Waals surface area contributed by atoms with Crippen LogP contribution >= 0.6 is 0 Å². The van der Waals surface area contributed by atoms with Crippen molar-refractivity contribution in [3.05, 3.63) is 47.7 Å². The Morgan fingerprint density at radius 3 is 2.56 bits per heavy atom. The zero-order chi connectivity index (χ0) is 11.5. The highest BCUT2D eigenvalue weighted by Gasteiger charge is 2.09. The molecule has 0 spiro atoms. The maximum Gasteiger partial charge on any atom is 0.121 e. The maximum atomic E-state index is 9.99. The van der Waals surface area contributed by atoms with Crippen LogP contribution in [0.2, 0.25) is 0 Å². The standard InChI is InChI=1S/C12H15N3O/c1-9-2-4-10(5-3-9)11(16)8-15-12(13)6-7-14-15/h2-7,11,16H,8,13H2,1H3. The van der Waals surface area contributed by atoms with Crippen LogP contribution in [0.1, 0.15) is 17.2 Å². The summed E-state index contributed by atoms with van der Waals surface area (Å²) in [6.45, 7) is 2.39. The molecule has 1 atom stereocenters. The number of aromatic nitrogens is 2. The first-order valence-electron chi connectivity index (χ1n) is 5.19. The Bertz CT molecular complexity index is 461. The van der Waals surface area contributed by atoms with E-state index in [0.717, 1.165) is 5.56 Å². The van der Waals surface area contributed by atoms with Gasteiger partial charge < -0.3 is 10.8 Å². The third-order valence-corrected chi connectivity index (χ3v) is 2.56. The third kappa shape index (κ3) is 2.23. The molecule has 1 unspecified atom stereocenters. The first kappa shape index (κ1) is 10.7. The number of rotatable bonds is 3. The van der Waals surface area contributed by atoms with Crippen molar-refractivity contribution in [3.8, 4) is 0 Å². The van der Waals surface area contributed by atoms with E-state index in [4.69, 9.17) is 5.73 Å². The number of nitrogen functional groups attached to an aromatic ring is 1. The van der Waals surface area contributed by atoms with Crippen LogP contribution in [0.4, 0.5) is 5.82 Å². The molecule has 0 saturated carbocycles. The number of anilines is 1. The highest BCUT2D eigenvalue weighted by atomic mass is 16.3. The fourth-order valence-electron chi connectivity index (χ4n) is 1.55. The van der Waals surface area contributed by atoms with Gasteiger partial charge in [-0.05, 0) is 18.6 Å². The molecular formula is C12H15N3O. The van der Waals surface area contributed by atoms with E-state index in [2.05, 4.69) is 5.10 Å². The largest absolute Gasteiger partial charge is 0.386 e. The van der Waals surface area contributed by atoms with Gasteiger partial charge in [0.2, 0.25) is 0 Å². The van der Waals surface area contributed by atoms with Crippen LogP contribution in [0.15, 0.2) is 36.5 Å². The Balaban J connectivity index is 2.11. The van der Waals surface area contributed by atoms with E-state index in [1.807, 2.05) is 31.2 Å². The summed E-state index contributed by atoms with van der Waals surface area (Å²) in [6, 6.07) is 9.50. The monoisotopic (exact) mass is 217 g/mol. The summed E-state index contributed by atoms with van der Waals surface area (Å²) < 4.78 is 1.59. The Hall–Kier alpha value is -1.81. The second kappa shape index (κ2) is 4.37. The average Bonchev–Trinajstić information content (AvgIpc) is 2.65. The molecular weight excluding hydrogens is 202 g/mol. The minimum Gasteiger partial charge on any atom is -0.386 e. The van der Waals surface area contributed by atoms with E-state index >= 15 is 0 Å². The number of aliphatic hydroxyl groups excluding tert-OH is 1. The predicted molar refractivity (Wildman–Crippen MR) is 62.8 cm³/mol. The van der Waals surface area contributed by atoms with Crippen molar-refractivity contribution in [1.29, 1.82) is 0 Å². The van der Waals surface area contributed by atoms with Gasteiger partial charge in [-0.1, -0.05) is 29.8 Å². The van der Waals surface area contributed by atoms with Crippen molar-refractivity contribution < 1.29 is 5.11 Å². The van der Waals surface area contributed by atoms with Gasteiger partial charge in [0, 0.05) is 0 Å². The van der Waals surface area contributed by atoms with E-state index in [1.54, 1.807) is 16.9 Å². The molecule has 0 bridgehead atoms. The lowest BCUT2D eigenvalue weighted by molar-refractivity contribution is 0.152. The van der Waals surface area contributed by atoms with Gasteiger partial charge in [-0.3, -0.25) is 0 Å². The van der Waals surface area contributed by atoms with Crippen LogP contribution in [0.3, 0.4) is 0 Å². The van der Waals surface area contributed by atoms with Crippen molar-refractivity contribution in [2.24, 2.45) is 0 Å². The number of nitrogens with two attached hydrogens (primary N) is 1. The topological polar surface area (TPSA) is 64.1 Å². The molecule has 4 nitrogen and oxygen atoms in total. The molecule has 1 heterocycles. The molecule has 84 valence electrons. The highest BCUT2D eigenvalue weighted by Crippen LogP contribution is 2.16. The first-order chi connectivity index (χ1) is 7.66. The van der Waals surface area contributed by atoms with Crippen LogP contribution in [0.5, 0.6) is 0 Å². The molecule has 1 aromatic carbocycles. The van der Waals surface area contributed by atoms with Crippen LogP contribution in [0.25, 0.3) is 0 Å². The molecule has 3 N–H and O–H groups in total. The lowest BCUT2D eigenvalue weighted by Gasteiger charge is -2.12. The minimum atomic E-state index is -0.581. The van der Waals surface area contributed by atoms with E-state index in [1.165, 1.54) is 5.56 Å². The molecule has 0 aliphatic rings. The van der Waals surface area contributed by atoms with E-state index in [9.17, 15) is 5.11 Å². The smallest absolute Gasteiger partial charge is 0.121 e. The van der Waals surface area contributed by atoms with Gasteiger partial charge in [0.15, 0.2) is 0 Å². The van der Waals surface area contributed by atoms with E-state index in [0.29, 0.717) is 12.4 Å². The Morgan fingerprint density at radius 1 is 1.31 bits per heavy atom. The molecule has 2 aromatic rings. The maximum absolute atomic E-state index is 9.99. The Morgan fingerprint density at radius 2 is 2.00 bits per heavy atom. The van der Waals surface area contributed by atoms with E-state index in [-0.39, 0.29) is 0 Å². The predicted octanol–water partition coefficient (Wildman–Crippen LogP) is 1.51. The van der Waals surface area contributed by atoms with Crippen LogP contribution < -0.4 is 5.73 Å². The van der Waals surface area contributed by atoms with E-state index < -0.39 is 6.10 Å². The lowest BCUT2D eigenvalue weighted by Crippen LogP contribution is -2.12. The van der Waals surface area contributed by atoms with Crippen molar-refractivity contribution in [3.63, 3.8) is 0 Å². The average molecular weight is 217 g/mol. The number of benzene rings is 1. The van der Waals surface area contributed by atoms with Crippen LogP contribution in [0, 0.1) is 6.92 Å². The lowest BCUT2D eigenvalue weighted by atomic mass is 10.1. The minimum absolute atomic E-state index is 0.377. The summed E-state index contributed by atoms with van der Waals surface area (Å²) in [5.41, 5.74) is 7.73. The molecule has 0 saturated heterocycles. The quantitative estimate of drug-likeness (QED) is 0.819. The molecule has 2 rings (SSSR count). The summed E-state index contributed by atoms with van der Waals surface area (Å²) in [5.74, 6) is 0.561. The number of hydrogen-bond acceptors (Lipinski definition) is 3. The SMILES string of the molecule is Cc1ccc(C(O)Cn2nccc2N)cc1. The molecule has 1 aromatic heterocycles. The van der Waals surface area contributed by atoms with Gasteiger partial charge in [0.1, 0.15) is 5.82 Å². The van der Waals surface area contributed by atoms with Gasteiger partial charge >= 0.3 is 0 Å². The zero-order valence-electron chi connectivity index (χ0n) is 9.17. The summed E-state index contributed by atoms with van der Waals surface area (Å²) in [6.07, 6.45) is 1.04. The fraction of sp³-hybridized carbons (Fsp3) is 0.250. The van der Waals surface area contributed by atoms with Crippen molar-refractivity contribution in [2.45, 2.75) is 19.6 Å². The van der Waals surface area contributed by atoms with Gasteiger partial charge in [-0.25, -0.2) is 4.68 Å². The molecule has 0 fully saturated rings. The third-order valence-electron chi connectivity index (χ3n) is 2.56. The normalized spacial score (nSPS) is 12.6. The fourth-order valence-corrected chi connectivity index (χ4v) is 1.55. The second-order valence-electron chi connectivity index (χ2n) is 3.86. The van der Waals surface area contributed by atoms with Crippen molar-refractivity contribution in [2.75, 3.05) is 5.73 Å². The van der Waals surface area contributed by atoms with Crippen LogP contribution in [-0.2, 0) is 6.54 Å². The van der Waals surface area contributed by atoms with Gasteiger partial charge in [-0.2, -0.15) is 5.10 Å². The Labute approximate surface area is 94.3 Å². The summed E-state index contributed by atoms with van der Waals surface area (Å²) in [4.78, 5) is 0.